The smallest absolute Gasteiger partial charge is 0.266 e. The van der Waals surface area contributed by atoms with Gasteiger partial charge in [0.25, 0.3) is 5.56 Å². The first kappa shape index (κ1) is 18.8. The molecular weight excluding hydrogens is 340 g/mol. The number of carbonyl (C=O) groups excluding carboxylic acids is 1. The van der Waals surface area contributed by atoms with Gasteiger partial charge in [0.2, 0.25) is 5.91 Å². The molecule has 1 N–H and O–H groups in total. The Morgan fingerprint density at radius 3 is 2.56 bits per heavy atom. The van der Waals surface area contributed by atoms with E-state index in [0.29, 0.717) is 12.1 Å². The quantitative estimate of drug-likeness (QED) is 0.883. The van der Waals surface area contributed by atoms with E-state index in [1.165, 1.54) is 17.2 Å². The molecule has 1 aliphatic carbocycles. The van der Waals surface area contributed by atoms with Gasteiger partial charge in [0.15, 0.2) is 0 Å². The van der Waals surface area contributed by atoms with E-state index < -0.39 is 6.04 Å². The van der Waals surface area contributed by atoms with Crippen molar-refractivity contribution in [2.24, 2.45) is 13.0 Å². The van der Waals surface area contributed by atoms with E-state index in [0.717, 1.165) is 36.8 Å². The van der Waals surface area contributed by atoms with Gasteiger partial charge in [-0.2, -0.15) is 10.4 Å². The van der Waals surface area contributed by atoms with Crippen molar-refractivity contribution >= 4 is 5.91 Å². The van der Waals surface area contributed by atoms with Crippen LogP contribution < -0.4 is 10.9 Å². The standard InChI is InChI=1S/C21H24N4O2/c1-25-20(26)12-11-19(24-25)16-9-7-15(8-10-16)13-18(14-22)23-21(27)17-5-3-2-4-6-17/h7-12,17-18H,2-6,13H2,1H3,(H,23,27). The Balaban J connectivity index is 1.63. The molecule has 1 heterocycles. The number of nitrogens with one attached hydrogen (secondary N) is 1. The Morgan fingerprint density at radius 2 is 1.93 bits per heavy atom. The van der Waals surface area contributed by atoms with Crippen molar-refractivity contribution in [3.8, 4) is 17.3 Å². The first-order valence-corrected chi connectivity index (χ1v) is 9.40. The average Bonchev–Trinajstić information content (AvgIpc) is 2.70. The molecule has 1 atom stereocenters. The summed E-state index contributed by atoms with van der Waals surface area (Å²) in [6, 6.07) is 12.5. The van der Waals surface area contributed by atoms with Gasteiger partial charge in [0, 0.05) is 31.0 Å². The molecule has 1 unspecified atom stereocenters. The molecule has 0 aliphatic heterocycles. The van der Waals surface area contributed by atoms with Crippen molar-refractivity contribution in [2.45, 2.75) is 44.6 Å². The molecule has 0 bridgehead atoms. The van der Waals surface area contributed by atoms with Crippen LogP contribution in [0.1, 0.15) is 37.7 Å². The second kappa shape index (κ2) is 8.63. The van der Waals surface area contributed by atoms with Gasteiger partial charge < -0.3 is 5.32 Å². The Labute approximate surface area is 158 Å². The van der Waals surface area contributed by atoms with E-state index in [2.05, 4.69) is 16.5 Å². The summed E-state index contributed by atoms with van der Waals surface area (Å²) >= 11 is 0. The zero-order valence-electron chi connectivity index (χ0n) is 15.5. The van der Waals surface area contributed by atoms with Crippen molar-refractivity contribution in [3.63, 3.8) is 0 Å². The van der Waals surface area contributed by atoms with Gasteiger partial charge in [-0.15, -0.1) is 0 Å². The highest BCUT2D eigenvalue weighted by Crippen LogP contribution is 2.24. The van der Waals surface area contributed by atoms with E-state index in [1.54, 1.807) is 13.1 Å². The summed E-state index contributed by atoms with van der Waals surface area (Å²) in [5.74, 6) is 0.0556. The van der Waals surface area contributed by atoms with E-state index in [1.807, 2.05) is 24.3 Å². The zero-order chi connectivity index (χ0) is 19.2. The van der Waals surface area contributed by atoms with Crippen LogP contribution in [0.2, 0.25) is 0 Å². The minimum absolute atomic E-state index is 0.00673. The molecule has 3 rings (SSSR count). The molecule has 27 heavy (non-hydrogen) atoms. The zero-order valence-corrected chi connectivity index (χ0v) is 15.5. The van der Waals surface area contributed by atoms with Crippen LogP contribution in [0.4, 0.5) is 0 Å². The van der Waals surface area contributed by atoms with Crippen LogP contribution in [0.15, 0.2) is 41.2 Å². The number of hydrogen-bond donors (Lipinski definition) is 1. The van der Waals surface area contributed by atoms with Crippen molar-refractivity contribution in [1.82, 2.24) is 15.1 Å². The average molecular weight is 364 g/mol. The third-order valence-corrected chi connectivity index (χ3v) is 5.10. The second-order valence-electron chi connectivity index (χ2n) is 7.11. The van der Waals surface area contributed by atoms with Crippen LogP contribution >= 0.6 is 0 Å². The molecule has 0 saturated heterocycles. The third-order valence-electron chi connectivity index (χ3n) is 5.10. The first-order chi connectivity index (χ1) is 13.1. The number of nitrogens with zero attached hydrogens (tertiary/aromatic N) is 3. The van der Waals surface area contributed by atoms with Crippen molar-refractivity contribution in [1.29, 1.82) is 5.26 Å². The number of aromatic nitrogens is 2. The third kappa shape index (κ3) is 4.82. The van der Waals surface area contributed by atoms with E-state index in [4.69, 9.17) is 0 Å². The molecule has 140 valence electrons. The molecule has 1 amide bonds. The minimum atomic E-state index is -0.527. The Morgan fingerprint density at radius 1 is 1.22 bits per heavy atom. The van der Waals surface area contributed by atoms with Crippen molar-refractivity contribution in [3.05, 3.63) is 52.3 Å². The summed E-state index contributed by atoms with van der Waals surface area (Å²) in [6.45, 7) is 0. The maximum absolute atomic E-state index is 12.4. The summed E-state index contributed by atoms with van der Waals surface area (Å²) < 4.78 is 1.30. The number of rotatable bonds is 5. The van der Waals surface area contributed by atoms with Gasteiger partial charge >= 0.3 is 0 Å². The lowest BCUT2D eigenvalue weighted by Gasteiger charge is -2.22. The number of carbonyl (C=O) groups is 1. The van der Waals surface area contributed by atoms with Crippen LogP contribution in [-0.2, 0) is 18.3 Å². The van der Waals surface area contributed by atoms with Gasteiger partial charge in [0.1, 0.15) is 6.04 Å². The number of aryl methyl sites for hydroxylation is 1. The Kier molecular flexibility index (Phi) is 6.02. The lowest BCUT2D eigenvalue weighted by atomic mass is 9.88. The second-order valence-corrected chi connectivity index (χ2v) is 7.11. The maximum atomic E-state index is 12.4. The lowest BCUT2D eigenvalue weighted by Crippen LogP contribution is -2.40. The molecule has 0 radical (unpaired) electrons. The van der Waals surface area contributed by atoms with Crippen LogP contribution in [-0.4, -0.2) is 21.7 Å². The summed E-state index contributed by atoms with van der Waals surface area (Å²) in [7, 11) is 1.62. The number of amides is 1. The summed E-state index contributed by atoms with van der Waals surface area (Å²) in [6.07, 6.45) is 5.69. The number of benzene rings is 1. The fourth-order valence-electron chi connectivity index (χ4n) is 3.49. The highest BCUT2D eigenvalue weighted by Gasteiger charge is 2.23. The van der Waals surface area contributed by atoms with Gasteiger partial charge in [-0.25, -0.2) is 4.68 Å². The normalized spacial score (nSPS) is 15.7. The highest BCUT2D eigenvalue weighted by molar-refractivity contribution is 5.79. The van der Waals surface area contributed by atoms with Crippen molar-refractivity contribution in [2.75, 3.05) is 0 Å². The number of nitriles is 1. The molecule has 1 saturated carbocycles. The Hall–Kier alpha value is -2.94. The largest absolute Gasteiger partial charge is 0.340 e. The Bertz CT molecular complexity index is 890. The predicted octanol–water partition coefficient (Wildman–Crippen LogP) is 2.58. The molecule has 2 aromatic rings. The lowest BCUT2D eigenvalue weighted by molar-refractivity contribution is -0.126. The maximum Gasteiger partial charge on any atom is 0.266 e. The predicted molar refractivity (Wildman–Crippen MR) is 103 cm³/mol. The summed E-state index contributed by atoms with van der Waals surface area (Å²) in [5.41, 5.74) is 2.43. The van der Waals surface area contributed by atoms with Gasteiger partial charge in [-0.1, -0.05) is 43.5 Å². The summed E-state index contributed by atoms with van der Waals surface area (Å²) in [4.78, 5) is 23.8. The molecule has 6 heteroatoms. The molecule has 6 nitrogen and oxygen atoms in total. The first-order valence-electron chi connectivity index (χ1n) is 9.40. The highest BCUT2D eigenvalue weighted by atomic mass is 16.2. The fourth-order valence-corrected chi connectivity index (χ4v) is 3.49. The van der Waals surface area contributed by atoms with Crippen LogP contribution in [0, 0.1) is 17.2 Å². The molecule has 1 aliphatic rings. The molecule has 0 spiro atoms. The fraction of sp³-hybridized carbons (Fsp3) is 0.429. The van der Waals surface area contributed by atoms with Gasteiger partial charge in [0.05, 0.1) is 11.8 Å². The minimum Gasteiger partial charge on any atom is -0.340 e. The molecule has 1 fully saturated rings. The van der Waals surface area contributed by atoms with E-state index in [9.17, 15) is 14.9 Å². The van der Waals surface area contributed by atoms with E-state index >= 15 is 0 Å². The monoisotopic (exact) mass is 364 g/mol. The summed E-state index contributed by atoms with van der Waals surface area (Å²) in [5, 5.41) is 16.5. The van der Waals surface area contributed by atoms with Gasteiger partial charge in [-0.3, -0.25) is 9.59 Å². The number of hydrogen-bond acceptors (Lipinski definition) is 4. The molecule has 1 aromatic heterocycles. The molecule has 1 aromatic carbocycles. The topological polar surface area (TPSA) is 87.8 Å². The SMILES string of the molecule is Cn1nc(-c2ccc(CC(C#N)NC(=O)C3CCCCC3)cc2)ccc1=O. The van der Waals surface area contributed by atoms with Gasteiger partial charge in [-0.05, 0) is 24.5 Å². The van der Waals surface area contributed by atoms with Crippen molar-refractivity contribution < 1.29 is 4.79 Å². The van der Waals surface area contributed by atoms with Crippen LogP contribution in [0.5, 0.6) is 0 Å². The van der Waals surface area contributed by atoms with Crippen LogP contribution in [0.25, 0.3) is 11.3 Å². The molecular formula is C21H24N4O2. The van der Waals surface area contributed by atoms with Crippen LogP contribution in [0.3, 0.4) is 0 Å². The van der Waals surface area contributed by atoms with E-state index in [-0.39, 0.29) is 17.4 Å².